The van der Waals surface area contributed by atoms with Crippen LogP contribution >= 0.6 is 8.60 Å². The van der Waals surface area contributed by atoms with Crippen LogP contribution in [-0.2, 0) is 9.05 Å². The smallest absolute Gasteiger partial charge is 0.328 e. The van der Waals surface area contributed by atoms with Gasteiger partial charge in [-0.25, -0.2) is 0 Å². The summed E-state index contributed by atoms with van der Waals surface area (Å²) < 4.78 is 10.7. The normalized spacial score (nSPS) is 18.1. The van der Waals surface area contributed by atoms with E-state index in [2.05, 4.69) is 24.8 Å². The Kier molecular flexibility index (Phi) is 3.95. The van der Waals surface area contributed by atoms with Gasteiger partial charge in [0, 0.05) is 0 Å². The minimum absolute atomic E-state index is 0.277. The summed E-state index contributed by atoms with van der Waals surface area (Å²) in [5.41, 5.74) is 2.23. The summed E-state index contributed by atoms with van der Waals surface area (Å²) in [7, 11) is -1.90. The van der Waals surface area contributed by atoms with Crippen LogP contribution in [0.4, 0.5) is 0 Å². The first kappa shape index (κ1) is 13.5. The quantitative estimate of drug-likeness (QED) is 0.656. The van der Waals surface area contributed by atoms with E-state index in [1.807, 2.05) is 30.4 Å². The van der Waals surface area contributed by atoms with Crippen LogP contribution in [0, 0.1) is 0 Å². The highest BCUT2D eigenvalue weighted by Gasteiger charge is 2.21. The van der Waals surface area contributed by atoms with Crippen LogP contribution in [0.15, 0.2) is 55.1 Å². The molecular weight excluding hydrogens is 271 g/mol. The van der Waals surface area contributed by atoms with E-state index in [0.29, 0.717) is 0 Å². The average Bonchev–Trinajstić information content (AvgIpc) is 2.48. The first-order valence-corrected chi connectivity index (χ1v) is 7.52. The van der Waals surface area contributed by atoms with Crippen LogP contribution in [0.1, 0.15) is 17.2 Å². The van der Waals surface area contributed by atoms with Crippen LogP contribution in [0.2, 0.25) is 0 Å². The molecule has 0 heterocycles. The van der Waals surface area contributed by atoms with Gasteiger partial charge in [0.25, 0.3) is 0 Å². The van der Waals surface area contributed by atoms with Crippen molar-refractivity contribution in [1.82, 2.24) is 0 Å². The Morgan fingerprint density at radius 3 is 2.85 bits per heavy atom. The second-order valence-electron chi connectivity index (χ2n) is 4.50. The first-order valence-electron chi connectivity index (χ1n) is 6.39. The molecule has 20 heavy (non-hydrogen) atoms. The fourth-order valence-corrected chi connectivity index (χ4v) is 3.08. The molecule has 0 aromatic heterocycles. The lowest BCUT2D eigenvalue weighted by molar-refractivity contribution is 0.182. The zero-order chi connectivity index (χ0) is 13.9. The van der Waals surface area contributed by atoms with Crippen LogP contribution < -0.4 is 0 Å². The van der Waals surface area contributed by atoms with Gasteiger partial charge in [-0.05, 0) is 21.9 Å². The van der Waals surface area contributed by atoms with Gasteiger partial charge in [-0.15, -0.1) is 6.58 Å². The SMILES string of the molecule is C=CCOP(O)OC1C=Cc2cccc3cccc1c23. The third-order valence-corrected chi connectivity index (χ3v) is 4.01. The fraction of sp³-hybridized carbons (Fsp3) is 0.125. The maximum absolute atomic E-state index is 9.77. The van der Waals surface area contributed by atoms with Crippen molar-refractivity contribution >= 4 is 25.5 Å². The second-order valence-corrected chi connectivity index (χ2v) is 5.44. The van der Waals surface area contributed by atoms with Gasteiger partial charge in [-0.1, -0.05) is 54.6 Å². The van der Waals surface area contributed by atoms with Crippen LogP contribution in [-0.4, -0.2) is 11.5 Å². The van der Waals surface area contributed by atoms with Crippen LogP contribution in [0.5, 0.6) is 0 Å². The molecule has 2 aromatic rings. The third-order valence-electron chi connectivity index (χ3n) is 3.23. The molecule has 2 atom stereocenters. The molecule has 2 aromatic carbocycles. The summed E-state index contributed by atoms with van der Waals surface area (Å²) in [4.78, 5) is 9.77. The maximum atomic E-state index is 9.77. The van der Waals surface area contributed by atoms with Gasteiger partial charge >= 0.3 is 8.60 Å². The lowest BCUT2D eigenvalue weighted by Gasteiger charge is -2.22. The van der Waals surface area contributed by atoms with Gasteiger partial charge in [0.2, 0.25) is 0 Å². The van der Waals surface area contributed by atoms with Crippen molar-refractivity contribution in [1.29, 1.82) is 0 Å². The topological polar surface area (TPSA) is 38.7 Å². The molecule has 0 amide bonds. The van der Waals surface area contributed by atoms with Crippen LogP contribution in [0.3, 0.4) is 0 Å². The lowest BCUT2D eigenvalue weighted by atomic mass is 9.92. The molecule has 0 radical (unpaired) electrons. The summed E-state index contributed by atoms with van der Waals surface area (Å²) in [6.07, 6.45) is 5.27. The molecule has 0 fully saturated rings. The van der Waals surface area contributed by atoms with E-state index in [1.165, 1.54) is 16.3 Å². The van der Waals surface area contributed by atoms with Gasteiger partial charge in [0.15, 0.2) is 0 Å². The lowest BCUT2D eigenvalue weighted by Crippen LogP contribution is -2.04. The minimum Gasteiger partial charge on any atom is -0.328 e. The third kappa shape index (κ3) is 2.54. The zero-order valence-corrected chi connectivity index (χ0v) is 11.8. The molecule has 1 N–H and O–H groups in total. The Balaban J connectivity index is 1.92. The van der Waals surface area contributed by atoms with E-state index < -0.39 is 8.60 Å². The molecule has 0 saturated carbocycles. The number of rotatable bonds is 5. The Labute approximate surface area is 119 Å². The van der Waals surface area contributed by atoms with E-state index >= 15 is 0 Å². The molecule has 0 spiro atoms. The average molecular weight is 286 g/mol. The highest BCUT2D eigenvalue weighted by molar-refractivity contribution is 7.40. The Morgan fingerprint density at radius 1 is 1.25 bits per heavy atom. The van der Waals surface area contributed by atoms with E-state index in [4.69, 9.17) is 9.05 Å². The zero-order valence-electron chi connectivity index (χ0n) is 10.9. The summed E-state index contributed by atoms with van der Waals surface area (Å²) in [6, 6.07) is 12.3. The highest BCUT2D eigenvalue weighted by Crippen LogP contribution is 2.44. The van der Waals surface area contributed by atoms with E-state index in [-0.39, 0.29) is 12.7 Å². The predicted molar refractivity (Wildman–Crippen MR) is 82.1 cm³/mol. The van der Waals surface area contributed by atoms with Gasteiger partial charge in [-0.3, -0.25) is 4.52 Å². The van der Waals surface area contributed by atoms with E-state index in [0.717, 1.165) is 5.56 Å². The summed E-state index contributed by atoms with van der Waals surface area (Å²) in [6.45, 7) is 3.82. The molecule has 1 aliphatic rings. The molecular formula is C16H15O3P. The monoisotopic (exact) mass is 286 g/mol. The Morgan fingerprint density at radius 2 is 2.05 bits per heavy atom. The minimum atomic E-state index is -1.90. The first-order chi connectivity index (χ1) is 9.79. The number of hydrogen-bond acceptors (Lipinski definition) is 3. The van der Waals surface area contributed by atoms with Crippen LogP contribution in [0.25, 0.3) is 16.8 Å². The summed E-state index contributed by atoms with van der Waals surface area (Å²) >= 11 is 0. The number of benzene rings is 2. The standard InChI is InChI=1S/C16H15O3P/c1-2-11-18-20(17)19-15-10-9-13-6-3-5-12-7-4-8-14(15)16(12)13/h2-10,15,17H,1,11H2. The van der Waals surface area contributed by atoms with Crippen molar-refractivity contribution in [3.8, 4) is 0 Å². The molecule has 0 saturated heterocycles. The predicted octanol–water partition coefficient (Wildman–Crippen LogP) is 4.35. The summed E-state index contributed by atoms with van der Waals surface area (Å²) in [5, 5.41) is 2.35. The largest absolute Gasteiger partial charge is 0.331 e. The van der Waals surface area contributed by atoms with Crippen molar-refractivity contribution in [2.45, 2.75) is 6.10 Å². The van der Waals surface area contributed by atoms with E-state index in [9.17, 15) is 4.89 Å². The maximum Gasteiger partial charge on any atom is 0.331 e. The molecule has 3 rings (SSSR count). The fourth-order valence-electron chi connectivity index (χ4n) is 2.41. The second kappa shape index (κ2) is 5.86. The highest BCUT2D eigenvalue weighted by atomic mass is 31.2. The molecule has 0 bridgehead atoms. The molecule has 4 heteroatoms. The van der Waals surface area contributed by atoms with E-state index in [1.54, 1.807) is 6.08 Å². The van der Waals surface area contributed by atoms with Crippen molar-refractivity contribution in [3.05, 3.63) is 66.3 Å². The molecule has 2 unspecified atom stereocenters. The molecule has 3 nitrogen and oxygen atoms in total. The summed E-state index contributed by atoms with van der Waals surface area (Å²) in [5.74, 6) is 0. The van der Waals surface area contributed by atoms with Gasteiger partial charge < -0.3 is 9.42 Å². The Hall–Kier alpha value is -1.51. The molecule has 1 aliphatic carbocycles. The Bertz CT molecular complexity index is 661. The van der Waals surface area contributed by atoms with Gasteiger partial charge in [0.05, 0.1) is 6.61 Å². The van der Waals surface area contributed by atoms with Crippen molar-refractivity contribution in [2.24, 2.45) is 0 Å². The van der Waals surface area contributed by atoms with Crippen molar-refractivity contribution in [3.63, 3.8) is 0 Å². The van der Waals surface area contributed by atoms with Gasteiger partial charge in [-0.2, -0.15) is 0 Å². The molecule has 0 aliphatic heterocycles. The van der Waals surface area contributed by atoms with Crippen molar-refractivity contribution in [2.75, 3.05) is 6.61 Å². The number of hydrogen-bond donors (Lipinski definition) is 1. The van der Waals surface area contributed by atoms with Gasteiger partial charge in [0.1, 0.15) is 6.10 Å². The molecule has 102 valence electrons. The van der Waals surface area contributed by atoms with Crippen molar-refractivity contribution < 1.29 is 13.9 Å².